The van der Waals surface area contributed by atoms with E-state index in [1.54, 1.807) is 24.3 Å². The molecule has 4 aromatic carbocycles. The number of fused-ring (bicyclic) bond motifs is 1. The average Bonchev–Trinajstić information content (AvgIpc) is 2.94. The van der Waals surface area contributed by atoms with E-state index >= 15 is 0 Å². The smallest absolute Gasteiger partial charge is 0.0936 e. The summed E-state index contributed by atoms with van der Waals surface area (Å²) in [6.07, 6.45) is 0. The lowest BCUT2D eigenvalue weighted by molar-refractivity contribution is -0.432. The van der Waals surface area contributed by atoms with E-state index in [1.807, 2.05) is 65.6 Å². The number of hydrogen-bond donors (Lipinski definition) is 3. The first-order valence-electron chi connectivity index (χ1n) is 11.4. The highest BCUT2D eigenvalue weighted by Crippen LogP contribution is 2.35. The van der Waals surface area contributed by atoms with Gasteiger partial charge in [0.25, 0.3) is 0 Å². The molecule has 0 saturated heterocycles. The largest absolute Gasteiger partial charge is 0.395 e. The van der Waals surface area contributed by atoms with Crippen LogP contribution in [0.2, 0.25) is 0 Å². The van der Waals surface area contributed by atoms with Gasteiger partial charge in [-0.3, -0.25) is 0 Å². The molecule has 37 heavy (non-hydrogen) atoms. The molecule has 0 aliphatic heterocycles. The SMILES string of the molecule is OCCN(CCO)c1ccc(N=Nc2ccc(N=Nc3cccc(SOOO)c3)c3ccccc23)cc1. The van der Waals surface area contributed by atoms with Crippen molar-refractivity contribution in [1.29, 1.82) is 0 Å². The Kier molecular flexibility index (Phi) is 9.66. The van der Waals surface area contributed by atoms with E-state index in [9.17, 15) is 10.2 Å². The van der Waals surface area contributed by atoms with Gasteiger partial charge in [0.1, 0.15) is 0 Å². The molecule has 0 fully saturated rings. The molecule has 4 rings (SSSR count). The highest BCUT2D eigenvalue weighted by atomic mass is 32.2. The predicted molar refractivity (Wildman–Crippen MR) is 142 cm³/mol. The van der Waals surface area contributed by atoms with Gasteiger partial charge in [-0.1, -0.05) is 35.4 Å². The number of hydrogen-bond acceptors (Lipinski definition) is 11. The third-order valence-electron chi connectivity index (χ3n) is 5.36. The standard InChI is InChI=1S/C26H25N5O5S/c32-16-14-31(15-17-33)21-10-8-19(9-11-21)27-29-25-12-13-26(24-7-2-1-6-23(24)25)30-28-20-4-3-5-22(18-20)37-36-35-34/h1-13,18,32-34H,14-17H2. The quantitative estimate of drug-likeness (QED) is 0.0803. The van der Waals surface area contributed by atoms with Gasteiger partial charge in [-0.15, -0.1) is 14.6 Å². The van der Waals surface area contributed by atoms with Crippen molar-refractivity contribution in [2.75, 3.05) is 31.2 Å². The molecule has 0 amide bonds. The molecule has 0 aliphatic rings. The molecule has 4 aromatic rings. The molecular formula is C26H25N5O5S. The van der Waals surface area contributed by atoms with Crippen LogP contribution in [0.4, 0.5) is 28.4 Å². The van der Waals surface area contributed by atoms with E-state index in [4.69, 9.17) is 5.26 Å². The second kappa shape index (κ2) is 13.6. The van der Waals surface area contributed by atoms with Crippen molar-refractivity contribution >= 4 is 51.3 Å². The first-order valence-corrected chi connectivity index (χ1v) is 12.1. The molecule has 3 N–H and O–H groups in total. The Hall–Kier alpha value is -3.71. The third kappa shape index (κ3) is 7.17. The van der Waals surface area contributed by atoms with Crippen LogP contribution in [0.25, 0.3) is 10.8 Å². The lowest BCUT2D eigenvalue weighted by Crippen LogP contribution is -2.29. The van der Waals surface area contributed by atoms with Crippen LogP contribution in [0.1, 0.15) is 0 Å². The summed E-state index contributed by atoms with van der Waals surface area (Å²) in [4.78, 5) is 2.59. The molecule has 0 radical (unpaired) electrons. The Morgan fingerprint density at radius 2 is 1.30 bits per heavy atom. The summed E-state index contributed by atoms with van der Waals surface area (Å²) in [5.41, 5.74) is 3.55. The lowest BCUT2D eigenvalue weighted by atomic mass is 10.1. The molecule has 0 atom stereocenters. The van der Waals surface area contributed by atoms with Crippen LogP contribution in [-0.4, -0.2) is 41.8 Å². The van der Waals surface area contributed by atoms with Crippen molar-refractivity contribution in [3.05, 3.63) is 84.9 Å². The minimum atomic E-state index is 0.00453. The normalized spacial score (nSPS) is 11.6. The zero-order chi connectivity index (χ0) is 25.9. The molecule has 0 spiro atoms. The minimum absolute atomic E-state index is 0.00453. The number of aliphatic hydroxyl groups excluding tert-OH is 2. The van der Waals surface area contributed by atoms with Crippen molar-refractivity contribution in [1.82, 2.24) is 0 Å². The van der Waals surface area contributed by atoms with Crippen LogP contribution in [0.15, 0.2) is 110 Å². The Labute approximate surface area is 217 Å². The fourth-order valence-corrected chi connectivity index (χ4v) is 4.07. The zero-order valence-electron chi connectivity index (χ0n) is 19.7. The van der Waals surface area contributed by atoms with Gasteiger partial charge >= 0.3 is 0 Å². The fraction of sp³-hybridized carbons (Fsp3) is 0.154. The Morgan fingerprint density at radius 1 is 0.676 bits per heavy atom. The van der Waals surface area contributed by atoms with Crippen molar-refractivity contribution < 1.29 is 24.8 Å². The van der Waals surface area contributed by atoms with Crippen molar-refractivity contribution in [2.45, 2.75) is 4.90 Å². The topological polar surface area (TPSA) is 132 Å². The molecule has 0 heterocycles. The van der Waals surface area contributed by atoms with Gasteiger partial charge in [0.2, 0.25) is 0 Å². The second-order valence-corrected chi connectivity index (χ2v) is 8.50. The van der Waals surface area contributed by atoms with Gasteiger partial charge < -0.3 is 15.1 Å². The van der Waals surface area contributed by atoms with Crippen LogP contribution in [0, 0.1) is 0 Å². The van der Waals surface area contributed by atoms with Crippen LogP contribution in [0.3, 0.4) is 0 Å². The Bertz CT molecular complexity index is 1360. The minimum Gasteiger partial charge on any atom is -0.395 e. The number of aliphatic hydroxyl groups is 2. The molecule has 0 saturated carbocycles. The first-order chi connectivity index (χ1) is 18.2. The molecule has 10 nitrogen and oxygen atoms in total. The maximum absolute atomic E-state index is 9.24. The molecule has 190 valence electrons. The van der Waals surface area contributed by atoms with Crippen LogP contribution in [0.5, 0.6) is 0 Å². The average molecular weight is 520 g/mol. The monoisotopic (exact) mass is 519 g/mol. The molecular weight excluding hydrogens is 494 g/mol. The summed E-state index contributed by atoms with van der Waals surface area (Å²) in [5.74, 6) is 0. The highest BCUT2D eigenvalue weighted by molar-refractivity contribution is 7.94. The summed E-state index contributed by atoms with van der Waals surface area (Å²) >= 11 is 0.851. The van der Waals surface area contributed by atoms with E-state index in [0.717, 1.165) is 28.5 Å². The number of anilines is 1. The Balaban J connectivity index is 1.54. The summed E-state index contributed by atoms with van der Waals surface area (Å²) in [6, 6.07) is 26.0. The van der Waals surface area contributed by atoms with E-state index in [-0.39, 0.29) is 13.2 Å². The van der Waals surface area contributed by atoms with Gasteiger partial charge in [0.15, 0.2) is 0 Å². The molecule has 0 aliphatic carbocycles. The summed E-state index contributed by atoms with van der Waals surface area (Å²) in [5, 5.41) is 49.8. The predicted octanol–water partition coefficient (Wildman–Crippen LogP) is 6.89. The molecule has 0 bridgehead atoms. The number of nitrogens with zero attached hydrogens (tertiary/aromatic N) is 5. The van der Waals surface area contributed by atoms with Gasteiger partial charge in [0.05, 0.1) is 48.0 Å². The van der Waals surface area contributed by atoms with Crippen LogP contribution >= 0.6 is 12.0 Å². The van der Waals surface area contributed by atoms with Gasteiger partial charge in [-0.2, -0.15) is 10.2 Å². The third-order valence-corrected chi connectivity index (χ3v) is 5.93. The van der Waals surface area contributed by atoms with E-state index in [0.29, 0.717) is 40.7 Å². The maximum atomic E-state index is 9.24. The number of benzene rings is 4. The molecule has 11 heteroatoms. The number of rotatable bonds is 12. The molecule has 0 aromatic heterocycles. The van der Waals surface area contributed by atoms with Crippen LogP contribution < -0.4 is 4.90 Å². The van der Waals surface area contributed by atoms with Crippen molar-refractivity contribution in [3.63, 3.8) is 0 Å². The van der Waals surface area contributed by atoms with E-state index < -0.39 is 0 Å². The first kappa shape index (κ1) is 26.4. The molecule has 0 unspecified atom stereocenters. The van der Waals surface area contributed by atoms with Crippen molar-refractivity contribution in [2.24, 2.45) is 20.5 Å². The summed E-state index contributed by atoms with van der Waals surface area (Å²) in [6.45, 7) is 0.887. The maximum Gasteiger partial charge on any atom is 0.0936 e. The fourth-order valence-electron chi connectivity index (χ4n) is 3.66. The summed E-state index contributed by atoms with van der Waals surface area (Å²) < 4.78 is 4.46. The van der Waals surface area contributed by atoms with Gasteiger partial charge in [-0.05, 0) is 54.6 Å². The summed E-state index contributed by atoms with van der Waals surface area (Å²) in [7, 11) is 0. The number of azo groups is 2. The van der Waals surface area contributed by atoms with Gasteiger partial charge in [0, 0.05) is 34.4 Å². The Morgan fingerprint density at radius 3 is 1.89 bits per heavy atom. The lowest BCUT2D eigenvalue weighted by Gasteiger charge is -2.22. The van der Waals surface area contributed by atoms with Crippen LogP contribution in [-0.2, 0) is 9.37 Å². The van der Waals surface area contributed by atoms with E-state index in [2.05, 4.69) is 29.8 Å². The van der Waals surface area contributed by atoms with E-state index in [1.165, 1.54) is 0 Å². The van der Waals surface area contributed by atoms with Crippen molar-refractivity contribution in [3.8, 4) is 0 Å². The highest BCUT2D eigenvalue weighted by Gasteiger charge is 2.07. The van der Waals surface area contributed by atoms with Gasteiger partial charge in [-0.25, -0.2) is 5.26 Å². The zero-order valence-corrected chi connectivity index (χ0v) is 20.5. The second-order valence-electron chi connectivity index (χ2n) is 7.72.